The van der Waals surface area contributed by atoms with Gasteiger partial charge in [0.1, 0.15) is 5.69 Å². The highest BCUT2D eigenvalue weighted by molar-refractivity contribution is 5.66. The smallest absolute Gasteiger partial charge is 0.361 e. The number of halogens is 4. The number of aromatic nitrogens is 2. The van der Waals surface area contributed by atoms with E-state index < -0.39 is 17.7 Å². The van der Waals surface area contributed by atoms with Crippen LogP contribution in [0, 0.1) is 12.4 Å². The first-order valence-electron chi connectivity index (χ1n) is 4.98. The van der Waals surface area contributed by atoms with Crippen molar-refractivity contribution in [2.24, 2.45) is 0 Å². The quantitative estimate of drug-likeness (QED) is 0.580. The van der Waals surface area contributed by atoms with Gasteiger partial charge in [0.05, 0.1) is 0 Å². The lowest BCUT2D eigenvalue weighted by molar-refractivity contribution is -0.141. The van der Waals surface area contributed by atoms with Gasteiger partial charge in [-0.3, -0.25) is 4.98 Å². The van der Waals surface area contributed by atoms with E-state index >= 15 is 0 Å². The molecule has 3 nitrogen and oxygen atoms in total. The van der Waals surface area contributed by atoms with Crippen LogP contribution in [0.15, 0.2) is 30.6 Å². The molecule has 2 rings (SSSR count). The van der Waals surface area contributed by atoms with E-state index in [-0.39, 0.29) is 16.9 Å². The third-order valence-corrected chi connectivity index (χ3v) is 2.32. The van der Waals surface area contributed by atoms with Crippen molar-refractivity contribution in [3.63, 3.8) is 0 Å². The van der Waals surface area contributed by atoms with Gasteiger partial charge in [0.2, 0.25) is 0 Å². The molecule has 0 radical (unpaired) electrons. The van der Waals surface area contributed by atoms with E-state index in [1.54, 1.807) is 0 Å². The maximum Gasteiger partial charge on any atom is 0.433 e. The number of hydrogen-bond acceptors (Lipinski definition) is 2. The minimum Gasteiger partial charge on any atom is -0.361 e. The van der Waals surface area contributed by atoms with Gasteiger partial charge in [0, 0.05) is 17.3 Å². The highest BCUT2D eigenvalue weighted by atomic mass is 19.4. The van der Waals surface area contributed by atoms with E-state index in [1.807, 2.05) is 0 Å². The zero-order chi connectivity index (χ0) is 14.0. The molecule has 0 unspecified atom stereocenters. The zero-order valence-corrected chi connectivity index (χ0v) is 9.24. The van der Waals surface area contributed by atoms with Gasteiger partial charge in [0.25, 0.3) is 5.82 Å². The van der Waals surface area contributed by atoms with E-state index in [4.69, 9.17) is 6.57 Å². The van der Waals surface area contributed by atoms with Gasteiger partial charge in [-0.15, -0.1) is 4.98 Å². The van der Waals surface area contributed by atoms with Crippen LogP contribution in [0.25, 0.3) is 16.0 Å². The number of pyridine rings is 2. The lowest BCUT2D eigenvalue weighted by atomic mass is 10.1. The molecule has 0 amide bonds. The van der Waals surface area contributed by atoms with E-state index in [0.29, 0.717) is 0 Å². The van der Waals surface area contributed by atoms with Crippen LogP contribution in [-0.4, -0.2) is 9.97 Å². The van der Waals surface area contributed by atoms with Crippen molar-refractivity contribution in [2.75, 3.05) is 0 Å². The van der Waals surface area contributed by atoms with Crippen LogP contribution in [0.4, 0.5) is 23.4 Å². The van der Waals surface area contributed by atoms with Crippen molar-refractivity contribution in [1.29, 1.82) is 0 Å². The second kappa shape index (κ2) is 4.65. The van der Waals surface area contributed by atoms with Crippen molar-refractivity contribution in [2.45, 2.75) is 6.18 Å². The molecule has 7 heteroatoms. The van der Waals surface area contributed by atoms with E-state index in [9.17, 15) is 17.6 Å². The summed E-state index contributed by atoms with van der Waals surface area (Å²) in [5.41, 5.74) is -0.920. The fourth-order valence-corrected chi connectivity index (χ4v) is 1.43. The Hall–Kier alpha value is -2.49. The summed E-state index contributed by atoms with van der Waals surface area (Å²) in [5, 5.41) is 0. The molecular formula is C12H5F4N3. The molecule has 0 fully saturated rings. The maximum absolute atomic E-state index is 13.5. The highest BCUT2D eigenvalue weighted by Gasteiger charge is 2.32. The Morgan fingerprint density at radius 3 is 2.37 bits per heavy atom. The number of alkyl halides is 3. The molecular weight excluding hydrogens is 262 g/mol. The largest absolute Gasteiger partial charge is 0.433 e. The van der Waals surface area contributed by atoms with Gasteiger partial charge >= 0.3 is 6.18 Å². The molecule has 0 bridgehead atoms. The Balaban J connectivity index is 2.46. The fourth-order valence-electron chi connectivity index (χ4n) is 1.43. The van der Waals surface area contributed by atoms with Crippen molar-refractivity contribution < 1.29 is 17.6 Å². The topological polar surface area (TPSA) is 30.1 Å². The Kier molecular flexibility index (Phi) is 3.17. The monoisotopic (exact) mass is 267 g/mol. The predicted molar refractivity (Wildman–Crippen MR) is 58.7 cm³/mol. The fraction of sp³-hybridized carbons (Fsp3) is 0.0833. The van der Waals surface area contributed by atoms with Crippen molar-refractivity contribution in [1.82, 2.24) is 9.97 Å². The SMILES string of the molecule is [C-]#[N+]c1cc(-c2ccc(C(F)(F)F)nc2)c(F)cn1. The van der Waals surface area contributed by atoms with Crippen LogP contribution in [0.2, 0.25) is 0 Å². The van der Waals surface area contributed by atoms with E-state index in [1.165, 1.54) is 0 Å². The Morgan fingerprint density at radius 1 is 1.11 bits per heavy atom. The molecule has 19 heavy (non-hydrogen) atoms. The van der Waals surface area contributed by atoms with Crippen LogP contribution in [0.5, 0.6) is 0 Å². The van der Waals surface area contributed by atoms with Crippen molar-refractivity contribution in [3.8, 4) is 11.1 Å². The highest BCUT2D eigenvalue weighted by Crippen LogP contribution is 2.30. The number of nitrogens with zero attached hydrogens (tertiary/aromatic N) is 3. The molecule has 0 spiro atoms. The van der Waals surface area contributed by atoms with Gasteiger partial charge in [-0.05, 0) is 12.1 Å². The predicted octanol–water partition coefficient (Wildman–Crippen LogP) is 3.85. The summed E-state index contributed by atoms with van der Waals surface area (Å²) in [6.45, 7) is 6.77. The molecule has 0 atom stereocenters. The summed E-state index contributed by atoms with van der Waals surface area (Å²) >= 11 is 0. The van der Waals surface area contributed by atoms with Gasteiger partial charge < -0.3 is 4.85 Å². The molecule has 2 aromatic rings. The average Bonchev–Trinajstić information content (AvgIpc) is 2.38. The average molecular weight is 267 g/mol. The van der Waals surface area contributed by atoms with Crippen molar-refractivity contribution >= 4 is 5.82 Å². The zero-order valence-electron chi connectivity index (χ0n) is 9.24. The maximum atomic E-state index is 13.5. The van der Waals surface area contributed by atoms with Gasteiger partial charge in [0.15, 0.2) is 12.0 Å². The number of rotatable bonds is 1. The van der Waals surface area contributed by atoms with Crippen molar-refractivity contribution in [3.05, 3.63) is 53.5 Å². The second-order valence-corrected chi connectivity index (χ2v) is 3.56. The van der Waals surface area contributed by atoms with Gasteiger partial charge in [-0.1, -0.05) is 12.6 Å². The van der Waals surface area contributed by atoms with Gasteiger partial charge in [-0.25, -0.2) is 4.39 Å². The minimum absolute atomic E-state index is 0.0118. The molecule has 0 aliphatic carbocycles. The van der Waals surface area contributed by atoms with Crippen LogP contribution in [0.1, 0.15) is 5.69 Å². The molecule has 0 saturated heterocycles. The first kappa shape index (κ1) is 13.0. The third kappa shape index (κ3) is 2.68. The summed E-state index contributed by atoms with van der Waals surface area (Å²) in [6.07, 6.45) is -2.79. The molecule has 0 aromatic carbocycles. The first-order valence-corrected chi connectivity index (χ1v) is 4.98. The molecule has 0 saturated carbocycles. The summed E-state index contributed by atoms with van der Waals surface area (Å²) in [5.74, 6) is -0.773. The molecule has 0 aliphatic heterocycles. The number of hydrogen-bond donors (Lipinski definition) is 0. The third-order valence-electron chi connectivity index (χ3n) is 2.32. The van der Waals surface area contributed by atoms with E-state index in [2.05, 4.69) is 14.8 Å². The minimum atomic E-state index is -4.54. The van der Waals surface area contributed by atoms with Crippen LogP contribution in [0.3, 0.4) is 0 Å². The van der Waals surface area contributed by atoms with Gasteiger partial charge in [-0.2, -0.15) is 13.2 Å². The summed E-state index contributed by atoms with van der Waals surface area (Å²) in [7, 11) is 0. The summed E-state index contributed by atoms with van der Waals surface area (Å²) in [4.78, 5) is 9.77. The Labute approximate surface area is 105 Å². The van der Waals surface area contributed by atoms with E-state index in [0.717, 1.165) is 30.6 Å². The standard InChI is InChI=1S/C12H5F4N3/c1-17-11-4-8(9(13)6-19-11)7-2-3-10(18-5-7)12(14,15)16/h2-6H. The molecule has 0 aliphatic rings. The Morgan fingerprint density at radius 2 is 1.84 bits per heavy atom. The van der Waals surface area contributed by atoms with Crippen LogP contribution in [-0.2, 0) is 6.18 Å². The molecule has 2 heterocycles. The Bertz CT molecular complexity index is 642. The van der Waals surface area contributed by atoms with Crippen LogP contribution >= 0.6 is 0 Å². The lowest BCUT2D eigenvalue weighted by Gasteiger charge is -2.07. The molecule has 0 N–H and O–H groups in total. The summed E-state index contributed by atoms with van der Waals surface area (Å²) < 4.78 is 50.5. The summed E-state index contributed by atoms with van der Waals surface area (Å²) in [6, 6.07) is 3.02. The second-order valence-electron chi connectivity index (χ2n) is 3.56. The molecule has 2 aromatic heterocycles. The van der Waals surface area contributed by atoms with Crippen LogP contribution < -0.4 is 0 Å². The first-order chi connectivity index (χ1) is 8.91. The molecule has 96 valence electrons. The normalized spacial score (nSPS) is 11.1. The lowest BCUT2D eigenvalue weighted by Crippen LogP contribution is -2.07.